The Balaban J connectivity index is 1.65. The van der Waals surface area contributed by atoms with Gasteiger partial charge in [-0.2, -0.15) is 0 Å². The van der Waals surface area contributed by atoms with Crippen molar-refractivity contribution in [3.63, 3.8) is 0 Å². The summed E-state index contributed by atoms with van der Waals surface area (Å²) >= 11 is 0. The Morgan fingerprint density at radius 2 is 1.91 bits per heavy atom. The summed E-state index contributed by atoms with van der Waals surface area (Å²) in [5.74, 6) is -0.128. The van der Waals surface area contributed by atoms with Gasteiger partial charge in [-0.25, -0.2) is 4.39 Å². The molecule has 2 aromatic heterocycles. The molecule has 1 aromatic carbocycles. The molecule has 33 heavy (non-hydrogen) atoms. The maximum Gasteiger partial charge on any atom is 0.270 e. The first kappa shape index (κ1) is 22.5. The minimum absolute atomic E-state index is 0.0154. The quantitative estimate of drug-likeness (QED) is 0.570. The van der Waals surface area contributed by atoms with Crippen molar-refractivity contribution in [2.45, 2.75) is 32.4 Å². The highest BCUT2D eigenvalue weighted by molar-refractivity contribution is 5.94. The van der Waals surface area contributed by atoms with Crippen LogP contribution in [0.25, 0.3) is 15.9 Å². The van der Waals surface area contributed by atoms with Gasteiger partial charge in [-0.15, -0.1) is 4.98 Å². The van der Waals surface area contributed by atoms with Crippen LogP contribution in [-0.4, -0.2) is 46.0 Å². The van der Waals surface area contributed by atoms with Crippen molar-refractivity contribution >= 4 is 28.4 Å². The smallest absolute Gasteiger partial charge is 0.270 e. The first-order valence-corrected chi connectivity index (χ1v) is 10.9. The Kier molecular flexibility index (Phi) is 5.90. The SMILES string of the molecule is [C-]#[N+]c1ccc2c(n1)c(N1C[C@@H](C)C(N(C)C(=O)c3ccc(F)cc3)C[C@@H]1C)cc(=O)n2C. The zero-order chi connectivity index (χ0) is 23.9. The van der Waals surface area contributed by atoms with Crippen LogP contribution in [0.15, 0.2) is 47.3 Å². The predicted molar refractivity (Wildman–Crippen MR) is 126 cm³/mol. The predicted octanol–water partition coefficient (Wildman–Crippen LogP) is 4.00. The third-order valence-corrected chi connectivity index (χ3v) is 6.64. The van der Waals surface area contributed by atoms with E-state index in [0.29, 0.717) is 35.2 Å². The largest absolute Gasteiger partial charge is 0.365 e. The fraction of sp³-hybridized carbons (Fsp3) is 0.360. The van der Waals surface area contributed by atoms with Crippen molar-refractivity contribution in [1.29, 1.82) is 0 Å². The molecule has 1 aliphatic heterocycles. The molecule has 3 aromatic rings. The number of anilines is 1. The molecule has 1 unspecified atom stereocenters. The molecule has 0 N–H and O–H groups in total. The molecule has 4 rings (SSSR count). The lowest BCUT2D eigenvalue weighted by atomic mass is 9.87. The van der Waals surface area contributed by atoms with E-state index in [4.69, 9.17) is 6.57 Å². The Hall–Kier alpha value is -3.73. The molecule has 3 heterocycles. The molecule has 0 radical (unpaired) electrons. The number of pyridine rings is 2. The number of aromatic nitrogens is 2. The molecule has 1 fully saturated rings. The van der Waals surface area contributed by atoms with Gasteiger partial charge < -0.3 is 19.2 Å². The monoisotopic (exact) mass is 447 g/mol. The second-order valence-corrected chi connectivity index (χ2v) is 8.78. The van der Waals surface area contributed by atoms with Crippen LogP contribution < -0.4 is 10.5 Å². The Morgan fingerprint density at radius 1 is 1.21 bits per heavy atom. The van der Waals surface area contributed by atoms with Crippen molar-refractivity contribution in [2.24, 2.45) is 13.0 Å². The number of aryl methyl sites for hydroxylation is 1. The number of halogens is 1. The molecular formula is C25H26FN5O2. The molecule has 3 atom stereocenters. The van der Waals surface area contributed by atoms with Crippen molar-refractivity contribution in [1.82, 2.24) is 14.5 Å². The third-order valence-electron chi connectivity index (χ3n) is 6.64. The van der Waals surface area contributed by atoms with E-state index in [2.05, 4.69) is 28.6 Å². The number of carbonyl (C=O) groups is 1. The van der Waals surface area contributed by atoms with E-state index in [-0.39, 0.29) is 41.1 Å². The van der Waals surface area contributed by atoms with Crippen LogP contribution in [0, 0.1) is 18.3 Å². The first-order valence-electron chi connectivity index (χ1n) is 10.9. The number of carbonyl (C=O) groups excluding carboxylic acids is 1. The van der Waals surface area contributed by atoms with Crippen molar-refractivity contribution in [3.05, 3.63) is 75.6 Å². The lowest BCUT2D eigenvalue weighted by Crippen LogP contribution is -2.54. The fourth-order valence-electron chi connectivity index (χ4n) is 4.73. The molecule has 1 saturated heterocycles. The standard InChI is InChI=1S/C25H26FN5O2/c1-15-14-31(21-13-23(32)29(4)19-10-11-22(27-3)28-24(19)21)16(2)12-20(15)30(5)25(33)17-6-8-18(26)9-7-17/h6-11,13,15-16,20H,12,14H2,1-2,4-5H3/t15-,16+,20?/m1/s1. The second kappa shape index (κ2) is 8.66. The molecule has 1 amide bonds. The van der Waals surface area contributed by atoms with Crippen LogP contribution in [-0.2, 0) is 7.05 Å². The molecule has 0 saturated carbocycles. The van der Waals surface area contributed by atoms with Gasteiger partial charge in [-0.3, -0.25) is 9.59 Å². The summed E-state index contributed by atoms with van der Waals surface area (Å²) in [6.07, 6.45) is 0.698. The van der Waals surface area contributed by atoms with Gasteiger partial charge in [-0.05, 0) is 55.7 Å². The number of hydrogen-bond acceptors (Lipinski definition) is 4. The fourth-order valence-corrected chi connectivity index (χ4v) is 4.73. The highest BCUT2D eigenvalue weighted by atomic mass is 19.1. The Labute approximate surface area is 191 Å². The number of rotatable bonds is 3. The average Bonchev–Trinajstić information content (AvgIpc) is 2.82. The maximum atomic E-state index is 13.3. The van der Waals surface area contributed by atoms with E-state index < -0.39 is 0 Å². The molecule has 170 valence electrons. The minimum Gasteiger partial charge on any atom is -0.365 e. The van der Waals surface area contributed by atoms with Crippen LogP contribution in [0.4, 0.5) is 15.9 Å². The van der Waals surface area contributed by atoms with Crippen molar-refractivity contribution in [2.75, 3.05) is 18.5 Å². The van der Waals surface area contributed by atoms with E-state index in [9.17, 15) is 14.0 Å². The van der Waals surface area contributed by atoms with Gasteiger partial charge in [0.15, 0.2) is 0 Å². The Morgan fingerprint density at radius 3 is 2.58 bits per heavy atom. The van der Waals surface area contributed by atoms with Gasteiger partial charge in [-0.1, -0.05) is 13.5 Å². The summed E-state index contributed by atoms with van der Waals surface area (Å²) < 4.78 is 14.8. The number of fused-ring (bicyclic) bond motifs is 1. The number of benzene rings is 1. The van der Waals surface area contributed by atoms with Crippen LogP contribution in [0.2, 0.25) is 0 Å². The van der Waals surface area contributed by atoms with Gasteiger partial charge in [0.1, 0.15) is 5.82 Å². The summed E-state index contributed by atoms with van der Waals surface area (Å²) in [4.78, 5) is 37.5. The molecule has 0 spiro atoms. The third kappa shape index (κ3) is 4.07. The topological polar surface area (TPSA) is 62.8 Å². The normalized spacial score (nSPS) is 20.5. The summed E-state index contributed by atoms with van der Waals surface area (Å²) in [5.41, 5.74) is 2.33. The first-order chi connectivity index (χ1) is 15.7. The van der Waals surface area contributed by atoms with E-state index in [1.807, 2.05) is 0 Å². The van der Waals surface area contributed by atoms with E-state index >= 15 is 0 Å². The molecule has 0 bridgehead atoms. The number of piperidine rings is 1. The summed E-state index contributed by atoms with van der Waals surface area (Å²) in [5, 5.41) is 0. The van der Waals surface area contributed by atoms with Gasteiger partial charge in [0.05, 0.1) is 11.2 Å². The number of amides is 1. The molecular weight excluding hydrogens is 421 g/mol. The van der Waals surface area contributed by atoms with E-state index in [1.165, 1.54) is 28.8 Å². The lowest BCUT2D eigenvalue weighted by Gasteiger charge is -2.46. The van der Waals surface area contributed by atoms with Crippen LogP contribution in [0.3, 0.4) is 0 Å². The molecule has 8 heteroatoms. The van der Waals surface area contributed by atoms with Gasteiger partial charge in [0, 0.05) is 44.4 Å². The van der Waals surface area contributed by atoms with Gasteiger partial charge in [0.25, 0.3) is 17.3 Å². The zero-order valence-corrected chi connectivity index (χ0v) is 19.1. The van der Waals surface area contributed by atoms with E-state index in [0.717, 1.165) is 0 Å². The highest BCUT2D eigenvalue weighted by Crippen LogP contribution is 2.34. The summed E-state index contributed by atoms with van der Waals surface area (Å²) in [6, 6.07) is 10.6. The van der Waals surface area contributed by atoms with Gasteiger partial charge >= 0.3 is 0 Å². The minimum atomic E-state index is -0.374. The van der Waals surface area contributed by atoms with Crippen molar-refractivity contribution < 1.29 is 9.18 Å². The lowest BCUT2D eigenvalue weighted by molar-refractivity contribution is 0.0637. The highest BCUT2D eigenvalue weighted by Gasteiger charge is 2.36. The van der Waals surface area contributed by atoms with Crippen LogP contribution >= 0.6 is 0 Å². The average molecular weight is 448 g/mol. The Bertz CT molecular complexity index is 1310. The van der Waals surface area contributed by atoms with Crippen LogP contribution in [0.1, 0.15) is 30.6 Å². The van der Waals surface area contributed by atoms with Crippen molar-refractivity contribution in [3.8, 4) is 0 Å². The zero-order valence-electron chi connectivity index (χ0n) is 19.1. The second-order valence-electron chi connectivity index (χ2n) is 8.78. The number of hydrogen-bond donors (Lipinski definition) is 0. The van der Waals surface area contributed by atoms with E-state index in [1.54, 1.807) is 37.2 Å². The molecule has 1 aliphatic rings. The van der Waals surface area contributed by atoms with Crippen LogP contribution in [0.5, 0.6) is 0 Å². The summed E-state index contributed by atoms with van der Waals surface area (Å²) in [6.45, 7) is 12.1. The number of nitrogens with zero attached hydrogens (tertiary/aromatic N) is 5. The van der Waals surface area contributed by atoms with Gasteiger partial charge in [0.2, 0.25) is 5.52 Å². The molecule has 7 nitrogen and oxygen atoms in total. The molecule has 0 aliphatic carbocycles. The maximum absolute atomic E-state index is 13.3. The summed E-state index contributed by atoms with van der Waals surface area (Å²) in [7, 11) is 3.48.